The predicted molar refractivity (Wildman–Crippen MR) is 100 cm³/mol. The molecule has 2 N–H and O–H groups in total. The molecule has 0 aliphatic carbocycles. The molecule has 0 fully saturated rings. The Kier molecular flexibility index (Phi) is 5.81. The third-order valence-corrected chi connectivity index (χ3v) is 3.94. The van der Waals surface area contributed by atoms with E-state index in [2.05, 4.69) is 4.98 Å². The van der Waals surface area contributed by atoms with Crippen LogP contribution in [-0.4, -0.2) is 16.3 Å². The first-order chi connectivity index (χ1) is 11.0. The van der Waals surface area contributed by atoms with Crippen molar-refractivity contribution < 1.29 is 17.9 Å². The van der Waals surface area contributed by atoms with E-state index >= 15 is 0 Å². The summed E-state index contributed by atoms with van der Waals surface area (Å²) in [6.07, 6.45) is 3.14. The highest BCUT2D eigenvalue weighted by Crippen LogP contribution is 2.32. The summed E-state index contributed by atoms with van der Waals surface area (Å²) in [5.74, 6) is -2.94. The molecule has 0 saturated carbocycles. The Balaban J connectivity index is 0.00000208. The number of hydrogen-bond acceptors (Lipinski definition) is 3. The van der Waals surface area contributed by atoms with Gasteiger partial charge in [0.2, 0.25) is 5.82 Å². The molecule has 1 aromatic heterocycles. The molecule has 1 heterocycles. The molecule has 0 saturated heterocycles. The number of ether oxygens (including phenoxy) is 1. The molecule has 2 aromatic carbocycles. The molecule has 126 valence electrons. The number of benzene rings is 2. The molecule has 0 aliphatic rings. The monoisotopic (exact) mass is 464 g/mol. The molecule has 0 amide bonds. The third-order valence-electron chi connectivity index (χ3n) is 3.31. The summed E-state index contributed by atoms with van der Waals surface area (Å²) in [5.41, 5.74) is 0.0948. The quantitative estimate of drug-likeness (QED) is 0.298. The van der Waals surface area contributed by atoms with E-state index in [9.17, 15) is 13.2 Å². The van der Waals surface area contributed by atoms with Gasteiger partial charge in [0.15, 0.2) is 11.6 Å². The highest BCUT2D eigenvalue weighted by molar-refractivity contribution is 14.0. The molecule has 0 radical (unpaired) electrons. The molecule has 3 nitrogen and oxygen atoms in total. The molecule has 24 heavy (non-hydrogen) atoms. The lowest BCUT2D eigenvalue weighted by Gasteiger charge is -2.10. The molecule has 0 bridgehead atoms. The Morgan fingerprint density at radius 2 is 1.88 bits per heavy atom. The van der Waals surface area contributed by atoms with Crippen LogP contribution >= 0.6 is 35.7 Å². The van der Waals surface area contributed by atoms with Crippen molar-refractivity contribution in [2.75, 3.05) is 6.26 Å². The van der Waals surface area contributed by atoms with Gasteiger partial charge in [-0.15, -0.1) is 35.7 Å². The van der Waals surface area contributed by atoms with Gasteiger partial charge in [-0.2, -0.15) is 4.39 Å². The smallest absolute Gasteiger partial charge is 0.203 e. The number of thioether (sulfide) groups is 1. The minimum atomic E-state index is -1.13. The van der Waals surface area contributed by atoms with E-state index in [4.69, 9.17) is 10.1 Å². The summed E-state index contributed by atoms with van der Waals surface area (Å²) >= 11 is 1.07. The zero-order valence-electron chi connectivity index (χ0n) is 12.3. The van der Waals surface area contributed by atoms with Gasteiger partial charge in [-0.1, -0.05) is 0 Å². The van der Waals surface area contributed by atoms with Gasteiger partial charge in [-0.25, -0.2) is 8.78 Å². The Morgan fingerprint density at radius 1 is 1.12 bits per heavy atom. The van der Waals surface area contributed by atoms with Gasteiger partial charge in [0.25, 0.3) is 0 Å². The first-order valence-electron chi connectivity index (χ1n) is 6.56. The van der Waals surface area contributed by atoms with Crippen molar-refractivity contribution in [1.82, 2.24) is 4.98 Å². The standard InChI is InChI=1S/C16H11F3N2OS.HI/c1-23-16(20)10-7-9(2-3-11(10)17)22-12-6-8-4-5-21-15(8)14(19)13(12)18;/h2-7,20-21H,1H3;1H. The van der Waals surface area contributed by atoms with E-state index < -0.39 is 17.5 Å². The number of aromatic nitrogens is 1. The van der Waals surface area contributed by atoms with Gasteiger partial charge in [-0.05, 0) is 36.6 Å². The molecule has 3 rings (SSSR count). The van der Waals surface area contributed by atoms with Crippen molar-refractivity contribution in [2.45, 2.75) is 0 Å². The summed E-state index contributed by atoms with van der Waals surface area (Å²) in [4.78, 5) is 2.61. The minimum Gasteiger partial charge on any atom is -0.454 e. The van der Waals surface area contributed by atoms with Crippen LogP contribution in [0.2, 0.25) is 0 Å². The van der Waals surface area contributed by atoms with E-state index in [0.717, 1.165) is 17.8 Å². The summed E-state index contributed by atoms with van der Waals surface area (Å²) in [7, 11) is 0. The van der Waals surface area contributed by atoms with Gasteiger partial charge in [0.05, 0.1) is 10.6 Å². The van der Waals surface area contributed by atoms with Crippen LogP contribution in [0.15, 0.2) is 36.5 Å². The van der Waals surface area contributed by atoms with E-state index in [1.807, 2.05) is 0 Å². The van der Waals surface area contributed by atoms with Crippen LogP contribution in [0, 0.1) is 22.9 Å². The lowest BCUT2D eigenvalue weighted by Crippen LogP contribution is -1.99. The SMILES string of the molecule is CSC(=N)c1cc(Oc2cc3cc[nH]c3c(F)c2F)ccc1F.I. The van der Waals surface area contributed by atoms with Crippen LogP contribution < -0.4 is 4.74 Å². The minimum absolute atomic E-state index is 0. The van der Waals surface area contributed by atoms with Crippen molar-refractivity contribution in [3.05, 3.63) is 59.5 Å². The first-order valence-corrected chi connectivity index (χ1v) is 7.79. The Morgan fingerprint density at radius 3 is 2.58 bits per heavy atom. The number of fused-ring (bicyclic) bond motifs is 1. The number of H-pyrrole nitrogens is 1. The summed E-state index contributed by atoms with van der Waals surface area (Å²) in [6.45, 7) is 0. The number of hydrogen-bond donors (Lipinski definition) is 2. The highest BCUT2D eigenvalue weighted by atomic mass is 127. The Bertz CT molecular complexity index is 914. The summed E-state index contributed by atoms with van der Waals surface area (Å²) < 4.78 is 47.1. The van der Waals surface area contributed by atoms with E-state index in [-0.39, 0.29) is 51.6 Å². The zero-order valence-corrected chi connectivity index (χ0v) is 15.5. The van der Waals surface area contributed by atoms with Crippen LogP contribution in [0.1, 0.15) is 5.56 Å². The normalized spacial score (nSPS) is 10.5. The molecule has 3 aromatic rings. The van der Waals surface area contributed by atoms with Crippen LogP contribution in [0.5, 0.6) is 11.5 Å². The van der Waals surface area contributed by atoms with Gasteiger partial charge in [0, 0.05) is 17.1 Å². The fourth-order valence-electron chi connectivity index (χ4n) is 2.17. The number of rotatable bonds is 3. The third kappa shape index (κ3) is 3.39. The van der Waals surface area contributed by atoms with Gasteiger partial charge in [-0.3, -0.25) is 5.41 Å². The van der Waals surface area contributed by atoms with Crippen molar-refractivity contribution in [2.24, 2.45) is 0 Å². The largest absolute Gasteiger partial charge is 0.454 e. The van der Waals surface area contributed by atoms with Crippen LogP contribution in [0.3, 0.4) is 0 Å². The fourth-order valence-corrected chi connectivity index (χ4v) is 2.54. The molecule has 0 aliphatic heterocycles. The van der Waals surface area contributed by atoms with Gasteiger partial charge < -0.3 is 9.72 Å². The van der Waals surface area contributed by atoms with E-state index in [1.54, 1.807) is 12.3 Å². The molecular weight excluding hydrogens is 452 g/mol. The van der Waals surface area contributed by atoms with E-state index in [0.29, 0.717) is 5.39 Å². The second-order valence-corrected chi connectivity index (χ2v) is 5.54. The summed E-state index contributed by atoms with van der Waals surface area (Å²) in [5, 5.41) is 8.16. The lowest BCUT2D eigenvalue weighted by atomic mass is 10.2. The second-order valence-electron chi connectivity index (χ2n) is 4.72. The van der Waals surface area contributed by atoms with Crippen LogP contribution in [-0.2, 0) is 0 Å². The molecule has 0 unspecified atom stereocenters. The first kappa shape index (κ1) is 18.7. The van der Waals surface area contributed by atoms with E-state index in [1.165, 1.54) is 24.4 Å². The molecule has 0 atom stereocenters. The maximum absolute atomic E-state index is 14.1. The number of nitrogens with one attached hydrogen (secondary N) is 2. The fraction of sp³-hybridized carbons (Fsp3) is 0.0625. The molecule has 8 heteroatoms. The van der Waals surface area contributed by atoms with Crippen molar-refractivity contribution in [3.63, 3.8) is 0 Å². The molecule has 0 spiro atoms. The van der Waals surface area contributed by atoms with Crippen molar-refractivity contribution in [1.29, 1.82) is 5.41 Å². The summed E-state index contributed by atoms with van der Waals surface area (Å²) in [6, 6.07) is 6.65. The van der Waals surface area contributed by atoms with Gasteiger partial charge >= 0.3 is 0 Å². The average Bonchev–Trinajstić information content (AvgIpc) is 3.01. The maximum Gasteiger partial charge on any atom is 0.203 e. The zero-order chi connectivity index (χ0) is 16.6. The Hall–Kier alpha value is -1.68. The second kappa shape index (κ2) is 7.47. The lowest BCUT2D eigenvalue weighted by molar-refractivity contribution is 0.418. The topological polar surface area (TPSA) is 48.9 Å². The maximum atomic E-state index is 14.1. The number of aromatic amines is 1. The predicted octanol–water partition coefficient (Wildman–Crippen LogP) is 5.68. The van der Waals surface area contributed by atoms with Crippen LogP contribution in [0.4, 0.5) is 13.2 Å². The highest BCUT2D eigenvalue weighted by Gasteiger charge is 2.17. The Labute approximate surface area is 157 Å². The van der Waals surface area contributed by atoms with Crippen molar-refractivity contribution >= 4 is 51.7 Å². The van der Waals surface area contributed by atoms with Gasteiger partial charge in [0.1, 0.15) is 11.6 Å². The molecular formula is C16H12F3IN2OS. The number of halogens is 4. The average molecular weight is 464 g/mol. The van der Waals surface area contributed by atoms with Crippen LogP contribution in [0.25, 0.3) is 10.9 Å². The van der Waals surface area contributed by atoms with Crippen molar-refractivity contribution in [3.8, 4) is 11.5 Å².